The number of aryl methyl sites for hydroxylation is 1. The molecule has 0 radical (unpaired) electrons. The summed E-state index contributed by atoms with van der Waals surface area (Å²) in [4.78, 5) is 16.3. The average molecular weight is 285 g/mol. The molecular weight excluding hydrogens is 266 g/mol. The molecule has 1 amide bonds. The molecule has 1 fully saturated rings. The third-order valence-electron chi connectivity index (χ3n) is 4.00. The Labute approximate surface area is 123 Å². The van der Waals surface area contributed by atoms with Crippen LogP contribution >= 0.6 is 0 Å². The van der Waals surface area contributed by atoms with Crippen LogP contribution in [0.3, 0.4) is 0 Å². The number of hydrogen-bond acceptors (Lipinski definition) is 4. The van der Waals surface area contributed by atoms with Gasteiger partial charge in [0.1, 0.15) is 0 Å². The van der Waals surface area contributed by atoms with Gasteiger partial charge in [0, 0.05) is 18.2 Å². The molecule has 0 saturated heterocycles. The van der Waals surface area contributed by atoms with Gasteiger partial charge in [-0.25, -0.2) is 4.98 Å². The summed E-state index contributed by atoms with van der Waals surface area (Å²) in [6, 6.07) is 7.49. The van der Waals surface area contributed by atoms with Crippen LogP contribution in [0, 0.1) is 6.92 Å². The average Bonchev–Trinajstić information content (AvgIpc) is 3.09. The zero-order chi connectivity index (χ0) is 14.9. The Balaban J connectivity index is 1.71. The van der Waals surface area contributed by atoms with E-state index in [-0.39, 0.29) is 5.91 Å². The van der Waals surface area contributed by atoms with E-state index in [0.717, 1.165) is 42.7 Å². The number of nitrogens with one attached hydrogen (secondary N) is 1. The van der Waals surface area contributed by atoms with E-state index in [9.17, 15) is 4.79 Å². The van der Waals surface area contributed by atoms with Crippen molar-refractivity contribution in [2.24, 2.45) is 5.73 Å². The molecule has 0 atom stereocenters. The predicted octanol–water partition coefficient (Wildman–Crippen LogP) is 2.86. The molecule has 1 heterocycles. The maximum absolute atomic E-state index is 12.2. The highest BCUT2D eigenvalue weighted by atomic mass is 16.4. The number of amides is 1. The monoisotopic (exact) mass is 285 g/mol. The van der Waals surface area contributed by atoms with Crippen molar-refractivity contribution in [1.82, 2.24) is 4.98 Å². The first-order valence-electron chi connectivity index (χ1n) is 7.20. The molecule has 5 heteroatoms. The number of aromatic nitrogens is 1. The van der Waals surface area contributed by atoms with Gasteiger partial charge in [-0.1, -0.05) is 12.8 Å². The van der Waals surface area contributed by atoms with Crippen LogP contribution < -0.4 is 11.1 Å². The molecule has 1 aliphatic rings. The Hall–Kier alpha value is -2.14. The van der Waals surface area contributed by atoms with Gasteiger partial charge >= 0.3 is 0 Å². The zero-order valence-electron chi connectivity index (χ0n) is 12.1. The zero-order valence-corrected chi connectivity index (χ0v) is 12.1. The van der Waals surface area contributed by atoms with Gasteiger partial charge < -0.3 is 15.5 Å². The number of anilines is 1. The highest BCUT2D eigenvalue weighted by Crippen LogP contribution is 2.29. The molecule has 0 aliphatic heterocycles. The summed E-state index contributed by atoms with van der Waals surface area (Å²) in [5.41, 5.74) is 7.11. The predicted molar refractivity (Wildman–Crippen MR) is 80.7 cm³/mol. The van der Waals surface area contributed by atoms with Crippen molar-refractivity contribution < 1.29 is 9.21 Å². The molecule has 2 aromatic rings. The van der Waals surface area contributed by atoms with Crippen LogP contribution in [0.5, 0.6) is 0 Å². The first-order chi connectivity index (χ1) is 10.1. The minimum atomic E-state index is -0.708. The molecule has 1 saturated carbocycles. The number of rotatable bonds is 3. The van der Waals surface area contributed by atoms with Crippen molar-refractivity contribution in [3.05, 3.63) is 36.4 Å². The van der Waals surface area contributed by atoms with Crippen molar-refractivity contribution in [3.63, 3.8) is 0 Å². The number of carbonyl (C=O) groups excluding carboxylic acids is 1. The van der Waals surface area contributed by atoms with E-state index in [1.807, 2.05) is 24.3 Å². The summed E-state index contributed by atoms with van der Waals surface area (Å²) in [5, 5.41) is 2.90. The number of oxazole rings is 1. The number of carbonyl (C=O) groups is 1. The fourth-order valence-electron chi connectivity index (χ4n) is 2.70. The second-order valence-corrected chi connectivity index (χ2v) is 5.64. The second kappa shape index (κ2) is 5.33. The summed E-state index contributed by atoms with van der Waals surface area (Å²) in [6.45, 7) is 1.81. The molecule has 1 aliphatic carbocycles. The van der Waals surface area contributed by atoms with Crippen LogP contribution in [0.2, 0.25) is 0 Å². The molecule has 110 valence electrons. The lowest BCUT2D eigenvalue weighted by Crippen LogP contribution is -2.48. The quantitative estimate of drug-likeness (QED) is 0.908. The van der Waals surface area contributed by atoms with Gasteiger partial charge in [-0.3, -0.25) is 4.79 Å². The molecule has 3 N–H and O–H groups in total. The van der Waals surface area contributed by atoms with Gasteiger partial charge in [-0.15, -0.1) is 0 Å². The number of nitrogens with zero attached hydrogens (tertiary/aromatic N) is 1. The normalized spacial score (nSPS) is 16.9. The topological polar surface area (TPSA) is 81.2 Å². The summed E-state index contributed by atoms with van der Waals surface area (Å²) >= 11 is 0. The minimum absolute atomic E-state index is 0.0942. The lowest BCUT2D eigenvalue weighted by Gasteiger charge is -2.22. The van der Waals surface area contributed by atoms with E-state index in [1.165, 1.54) is 0 Å². The molecule has 0 bridgehead atoms. The van der Waals surface area contributed by atoms with Gasteiger partial charge in [-0.2, -0.15) is 0 Å². The van der Waals surface area contributed by atoms with Crippen molar-refractivity contribution in [2.75, 3.05) is 5.32 Å². The molecule has 1 aromatic carbocycles. The number of nitrogens with two attached hydrogens (primary N) is 1. The van der Waals surface area contributed by atoms with E-state index in [0.29, 0.717) is 5.89 Å². The Kier molecular flexibility index (Phi) is 3.51. The van der Waals surface area contributed by atoms with E-state index in [2.05, 4.69) is 10.3 Å². The fourth-order valence-corrected chi connectivity index (χ4v) is 2.70. The van der Waals surface area contributed by atoms with Crippen molar-refractivity contribution in [2.45, 2.75) is 38.1 Å². The third-order valence-corrected chi connectivity index (χ3v) is 4.00. The largest absolute Gasteiger partial charge is 0.441 e. The second-order valence-electron chi connectivity index (χ2n) is 5.64. The van der Waals surface area contributed by atoms with Crippen LogP contribution in [0.25, 0.3) is 11.3 Å². The SMILES string of the molecule is Cc1ncc(-c2ccc(NC(=O)C3(N)CCCC3)cc2)o1. The van der Waals surface area contributed by atoms with Crippen LogP contribution in [-0.4, -0.2) is 16.4 Å². The van der Waals surface area contributed by atoms with Crippen LogP contribution in [0.15, 0.2) is 34.9 Å². The first kappa shape index (κ1) is 13.8. The number of benzene rings is 1. The Bertz CT molecular complexity index is 640. The number of hydrogen-bond donors (Lipinski definition) is 2. The van der Waals surface area contributed by atoms with E-state index < -0.39 is 5.54 Å². The summed E-state index contributed by atoms with van der Waals surface area (Å²) in [7, 11) is 0. The fraction of sp³-hybridized carbons (Fsp3) is 0.375. The molecule has 1 aromatic heterocycles. The maximum Gasteiger partial charge on any atom is 0.244 e. The molecule has 0 unspecified atom stereocenters. The Morgan fingerprint density at radius 2 is 1.95 bits per heavy atom. The van der Waals surface area contributed by atoms with Gasteiger partial charge in [0.25, 0.3) is 0 Å². The van der Waals surface area contributed by atoms with Crippen LogP contribution in [0.1, 0.15) is 31.6 Å². The van der Waals surface area contributed by atoms with Gasteiger partial charge in [0.2, 0.25) is 5.91 Å². The van der Waals surface area contributed by atoms with Crippen molar-refractivity contribution >= 4 is 11.6 Å². The summed E-state index contributed by atoms with van der Waals surface area (Å²) in [5.74, 6) is 1.26. The van der Waals surface area contributed by atoms with Gasteiger partial charge in [0.05, 0.1) is 11.7 Å². The van der Waals surface area contributed by atoms with Crippen LogP contribution in [-0.2, 0) is 4.79 Å². The van der Waals surface area contributed by atoms with Crippen molar-refractivity contribution in [1.29, 1.82) is 0 Å². The third kappa shape index (κ3) is 2.83. The highest BCUT2D eigenvalue weighted by Gasteiger charge is 2.36. The van der Waals surface area contributed by atoms with E-state index >= 15 is 0 Å². The van der Waals surface area contributed by atoms with Crippen molar-refractivity contribution in [3.8, 4) is 11.3 Å². The van der Waals surface area contributed by atoms with E-state index in [1.54, 1.807) is 13.1 Å². The molecular formula is C16H19N3O2. The molecule has 0 spiro atoms. The lowest BCUT2D eigenvalue weighted by molar-refractivity contribution is -0.121. The summed E-state index contributed by atoms with van der Waals surface area (Å²) in [6.07, 6.45) is 5.25. The maximum atomic E-state index is 12.2. The van der Waals surface area contributed by atoms with Gasteiger partial charge in [0.15, 0.2) is 11.7 Å². The lowest BCUT2D eigenvalue weighted by atomic mass is 9.98. The minimum Gasteiger partial charge on any atom is -0.441 e. The smallest absolute Gasteiger partial charge is 0.244 e. The van der Waals surface area contributed by atoms with Crippen LogP contribution in [0.4, 0.5) is 5.69 Å². The van der Waals surface area contributed by atoms with Gasteiger partial charge in [-0.05, 0) is 37.1 Å². The summed E-state index contributed by atoms with van der Waals surface area (Å²) < 4.78 is 5.47. The molecule has 5 nitrogen and oxygen atoms in total. The molecule has 21 heavy (non-hydrogen) atoms. The first-order valence-corrected chi connectivity index (χ1v) is 7.20. The highest BCUT2D eigenvalue weighted by molar-refractivity contribution is 5.98. The van der Waals surface area contributed by atoms with E-state index in [4.69, 9.17) is 10.2 Å². The Morgan fingerprint density at radius 1 is 1.29 bits per heavy atom. The molecule has 3 rings (SSSR count). The Morgan fingerprint density at radius 3 is 2.52 bits per heavy atom. The standard InChI is InChI=1S/C16H19N3O2/c1-11-18-10-14(21-11)12-4-6-13(7-5-12)19-15(20)16(17)8-2-3-9-16/h4-7,10H,2-3,8-9,17H2,1H3,(H,19,20).